The summed E-state index contributed by atoms with van der Waals surface area (Å²) in [4.78, 5) is 17.5. The van der Waals surface area contributed by atoms with Crippen molar-refractivity contribution in [1.29, 1.82) is 0 Å². The molecule has 3 aromatic carbocycles. The summed E-state index contributed by atoms with van der Waals surface area (Å²) in [6.07, 6.45) is 1.96. The van der Waals surface area contributed by atoms with Gasteiger partial charge in [-0.2, -0.15) is 0 Å². The summed E-state index contributed by atoms with van der Waals surface area (Å²) in [6.45, 7) is 0.319. The highest BCUT2D eigenvalue weighted by Crippen LogP contribution is 2.53. The van der Waals surface area contributed by atoms with Crippen LogP contribution in [0.3, 0.4) is 0 Å². The van der Waals surface area contributed by atoms with Gasteiger partial charge in [0.2, 0.25) is 0 Å². The Balaban J connectivity index is 1.65. The van der Waals surface area contributed by atoms with Gasteiger partial charge in [0.05, 0.1) is 28.4 Å². The predicted molar refractivity (Wildman–Crippen MR) is 156 cm³/mol. The van der Waals surface area contributed by atoms with E-state index in [0.29, 0.717) is 43.1 Å². The number of halogens is 5. The van der Waals surface area contributed by atoms with Crippen LogP contribution in [-0.4, -0.2) is 16.1 Å². The molecular weight excluding hydrogens is 672 g/mol. The van der Waals surface area contributed by atoms with E-state index in [2.05, 4.69) is 25.4 Å². The summed E-state index contributed by atoms with van der Waals surface area (Å²) in [5, 5.41) is 12.1. The highest BCUT2D eigenvalue weighted by molar-refractivity contribution is 9.10. The number of thiazole rings is 1. The van der Waals surface area contributed by atoms with Gasteiger partial charge in [-0.15, -0.1) is 20.8 Å². The molecule has 1 heterocycles. The minimum Gasteiger partial charge on any atom is -0.478 e. The molecule has 0 bridgehead atoms. The summed E-state index contributed by atoms with van der Waals surface area (Å²) in [7, 11) is -4.56. The van der Waals surface area contributed by atoms with Crippen LogP contribution in [0.2, 0.25) is 10.0 Å². The molecule has 1 aromatic heterocycles. The summed E-state index contributed by atoms with van der Waals surface area (Å²) in [5.74, 6) is -1.03. The third kappa shape index (κ3) is 7.55. The smallest absolute Gasteiger partial charge is 0.399 e. The molecule has 208 valence electrons. The molecule has 0 fully saturated rings. The van der Waals surface area contributed by atoms with Crippen molar-refractivity contribution in [3.05, 3.63) is 103 Å². The number of nitrogens with zero attached hydrogens (tertiary/aromatic N) is 2. The lowest BCUT2D eigenvalue weighted by molar-refractivity contribution is -0.131. The molecule has 14 heteroatoms. The van der Waals surface area contributed by atoms with E-state index >= 15 is 0 Å². The molecule has 0 saturated carbocycles. The van der Waals surface area contributed by atoms with Crippen LogP contribution in [0.4, 0.5) is 19.9 Å². The zero-order valence-corrected chi connectivity index (χ0v) is 24.9. The van der Waals surface area contributed by atoms with Crippen LogP contribution in [0, 0.1) is 0 Å². The summed E-state index contributed by atoms with van der Waals surface area (Å²) in [5.41, 5.74) is 4.10. The van der Waals surface area contributed by atoms with Crippen molar-refractivity contribution < 1.29 is 33.0 Å². The standard InChI is InChI=1S/C26H18BrCl2F2N2O5PS/c27-21-11-17(3-7-19(21)14-39(36,37-30)38-31)13-33(20-8-9-22(28)23(29)12-20)26-32-24(15-40-26)18-5-1-16(2-6-18)4-10-25(34)35/h1-12,15H,13-14H2,(H,34,35). The first-order valence-electron chi connectivity index (χ1n) is 11.3. The van der Waals surface area contributed by atoms with Gasteiger partial charge in [-0.1, -0.05) is 75.5 Å². The van der Waals surface area contributed by atoms with Crippen LogP contribution >= 0.6 is 58.1 Å². The molecule has 0 aliphatic heterocycles. The Morgan fingerprint density at radius 2 is 1.80 bits per heavy atom. The molecule has 40 heavy (non-hydrogen) atoms. The number of hydrogen-bond acceptors (Lipinski definition) is 7. The average Bonchev–Trinajstić information content (AvgIpc) is 3.44. The Labute approximate surface area is 250 Å². The SMILES string of the molecule is O=C(O)C=Cc1ccc(-c2csc(N(Cc3ccc(CP(=O)(OF)OF)c(Br)c3)c3ccc(Cl)c(Cl)c3)n2)cc1. The molecule has 0 radical (unpaired) electrons. The fraction of sp³-hybridized carbons (Fsp3) is 0.0769. The molecule has 4 aromatic rings. The Morgan fingerprint density at radius 1 is 1.07 bits per heavy atom. The van der Waals surface area contributed by atoms with Crippen molar-refractivity contribution >= 4 is 80.9 Å². The maximum atomic E-state index is 12.6. The topological polar surface area (TPSA) is 89.0 Å². The number of aromatic nitrogens is 1. The van der Waals surface area contributed by atoms with Crippen LogP contribution in [0.1, 0.15) is 16.7 Å². The second-order valence-electron chi connectivity index (χ2n) is 8.33. The molecule has 0 aliphatic carbocycles. The molecule has 0 unspecified atom stereocenters. The summed E-state index contributed by atoms with van der Waals surface area (Å²) in [6, 6.07) is 17.5. The normalized spacial score (nSPS) is 11.7. The van der Waals surface area contributed by atoms with E-state index in [1.54, 1.807) is 48.5 Å². The van der Waals surface area contributed by atoms with E-state index in [-0.39, 0.29) is 0 Å². The number of carboxylic acids is 1. The van der Waals surface area contributed by atoms with Gasteiger partial charge in [0.15, 0.2) is 5.13 Å². The van der Waals surface area contributed by atoms with Gasteiger partial charge in [0.25, 0.3) is 0 Å². The predicted octanol–water partition coefficient (Wildman–Crippen LogP) is 9.81. The van der Waals surface area contributed by atoms with Crippen molar-refractivity contribution in [3.63, 3.8) is 0 Å². The van der Waals surface area contributed by atoms with Gasteiger partial charge in [-0.25, -0.2) is 9.78 Å². The number of carbonyl (C=O) groups is 1. The summed E-state index contributed by atoms with van der Waals surface area (Å²) >= 11 is 17.2. The van der Waals surface area contributed by atoms with Gasteiger partial charge in [-0.05, 0) is 56.1 Å². The molecule has 0 atom stereocenters. The molecule has 0 saturated heterocycles. The maximum Gasteiger partial charge on any atom is 0.399 e. The molecule has 0 amide bonds. The maximum absolute atomic E-state index is 12.6. The minimum atomic E-state index is -4.56. The van der Waals surface area contributed by atoms with Gasteiger partial charge >= 0.3 is 13.6 Å². The second kappa shape index (κ2) is 13.4. The van der Waals surface area contributed by atoms with Gasteiger partial charge in [0.1, 0.15) is 0 Å². The minimum absolute atomic E-state index is 0.319. The molecular formula is C26H18BrCl2F2N2O5PS. The lowest BCUT2D eigenvalue weighted by Crippen LogP contribution is -2.16. The second-order valence-corrected chi connectivity index (χ2v) is 12.6. The Hall–Kier alpha value is -2.63. The number of benzene rings is 3. The third-order valence-corrected chi connectivity index (χ3v) is 9.08. The van der Waals surface area contributed by atoms with Crippen molar-refractivity contribution in [2.75, 3.05) is 4.90 Å². The average molecular weight is 690 g/mol. The number of rotatable bonds is 11. The first-order valence-corrected chi connectivity index (χ1v) is 15.4. The quantitative estimate of drug-likeness (QED) is 0.124. The van der Waals surface area contributed by atoms with Gasteiger partial charge in [0, 0.05) is 27.2 Å². The fourth-order valence-electron chi connectivity index (χ4n) is 3.64. The van der Waals surface area contributed by atoms with Crippen molar-refractivity contribution in [1.82, 2.24) is 4.98 Å². The van der Waals surface area contributed by atoms with E-state index in [9.17, 15) is 18.4 Å². The van der Waals surface area contributed by atoms with Crippen molar-refractivity contribution in [2.24, 2.45) is 0 Å². The number of carboxylic acid groups (broad SMARTS) is 1. The first kappa shape index (κ1) is 30.3. The van der Waals surface area contributed by atoms with Crippen LogP contribution in [-0.2, 0) is 31.5 Å². The number of anilines is 2. The highest BCUT2D eigenvalue weighted by Gasteiger charge is 2.29. The monoisotopic (exact) mass is 688 g/mol. The largest absolute Gasteiger partial charge is 0.478 e. The Bertz CT molecular complexity index is 1600. The lowest BCUT2D eigenvalue weighted by Gasteiger charge is -2.23. The fourth-order valence-corrected chi connectivity index (χ4v) is 6.39. The highest BCUT2D eigenvalue weighted by atomic mass is 79.9. The van der Waals surface area contributed by atoms with E-state index in [4.69, 9.17) is 33.3 Å². The lowest BCUT2D eigenvalue weighted by atomic mass is 10.1. The molecule has 4 rings (SSSR count). The Kier molecular flexibility index (Phi) is 10.1. The third-order valence-electron chi connectivity index (χ3n) is 5.60. The molecule has 1 N–H and O–H groups in total. The van der Waals surface area contributed by atoms with Crippen LogP contribution < -0.4 is 4.90 Å². The van der Waals surface area contributed by atoms with Crippen molar-refractivity contribution in [2.45, 2.75) is 12.7 Å². The van der Waals surface area contributed by atoms with E-state index in [1.807, 2.05) is 22.4 Å². The number of aliphatic carboxylic acids is 1. The van der Waals surface area contributed by atoms with E-state index in [0.717, 1.165) is 22.8 Å². The number of hydrogen-bond donors (Lipinski definition) is 1. The molecule has 0 aliphatic rings. The van der Waals surface area contributed by atoms with Crippen LogP contribution in [0.15, 0.2) is 76.6 Å². The zero-order valence-electron chi connectivity index (χ0n) is 20.1. The van der Waals surface area contributed by atoms with Crippen LogP contribution in [0.25, 0.3) is 17.3 Å². The van der Waals surface area contributed by atoms with E-state index < -0.39 is 19.7 Å². The van der Waals surface area contributed by atoms with E-state index in [1.165, 1.54) is 17.4 Å². The first-order chi connectivity index (χ1) is 19.1. The molecule has 7 nitrogen and oxygen atoms in total. The zero-order chi connectivity index (χ0) is 28.9. The van der Waals surface area contributed by atoms with Crippen LogP contribution in [0.5, 0.6) is 0 Å². The Morgan fingerprint density at radius 3 is 2.42 bits per heavy atom. The van der Waals surface area contributed by atoms with Gasteiger partial charge < -0.3 is 10.0 Å². The van der Waals surface area contributed by atoms with Gasteiger partial charge in [-0.3, -0.25) is 4.57 Å². The molecule has 0 spiro atoms. The van der Waals surface area contributed by atoms with Crippen molar-refractivity contribution in [3.8, 4) is 11.3 Å². The summed E-state index contributed by atoms with van der Waals surface area (Å²) < 4.78 is 43.9.